The van der Waals surface area contributed by atoms with E-state index in [2.05, 4.69) is 15.3 Å². The molecule has 0 radical (unpaired) electrons. The van der Waals surface area contributed by atoms with Crippen LogP contribution in [-0.2, 0) is 0 Å². The van der Waals surface area contributed by atoms with E-state index >= 15 is 0 Å². The molecule has 0 atom stereocenters. The SMILES string of the molecule is Cc1cc(OC(C)C)nc(NCC2(CO)CCCCC2)n1. The monoisotopic (exact) mass is 293 g/mol. The van der Waals surface area contributed by atoms with Gasteiger partial charge in [-0.2, -0.15) is 4.98 Å². The van der Waals surface area contributed by atoms with Crippen LogP contribution >= 0.6 is 0 Å². The fourth-order valence-corrected chi connectivity index (χ4v) is 2.88. The first kappa shape index (κ1) is 16.0. The van der Waals surface area contributed by atoms with Crippen molar-refractivity contribution < 1.29 is 9.84 Å². The third-order valence-corrected chi connectivity index (χ3v) is 4.06. The molecule has 0 unspecified atom stereocenters. The van der Waals surface area contributed by atoms with E-state index in [1.54, 1.807) is 0 Å². The Morgan fingerprint density at radius 3 is 2.62 bits per heavy atom. The van der Waals surface area contributed by atoms with Gasteiger partial charge in [0.15, 0.2) is 0 Å². The molecule has 1 aromatic heterocycles. The molecular weight excluding hydrogens is 266 g/mol. The summed E-state index contributed by atoms with van der Waals surface area (Å²) in [5.74, 6) is 1.19. The van der Waals surface area contributed by atoms with Crippen molar-refractivity contribution in [3.63, 3.8) is 0 Å². The molecule has 0 aliphatic heterocycles. The number of nitrogens with one attached hydrogen (secondary N) is 1. The minimum Gasteiger partial charge on any atom is -0.475 e. The van der Waals surface area contributed by atoms with Crippen molar-refractivity contribution in [1.82, 2.24) is 9.97 Å². The summed E-state index contributed by atoms with van der Waals surface area (Å²) in [7, 11) is 0. The number of aliphatic hydroxyl groups excluding tert-OH is 1. The molecular formula is C16H27N3O2. The Labute approximate surface area is 127 Å². The van der Waals surface area contributed by atoms with Gasteiger partial charge in [-0.1, -0.05) is 19.3 Å². The summed E-state index contributed by atoms with van der Waals surface area (Å²) in [6.45, 7) is 6.83. The van der Waals surface area contributed by atoms with Crippen molar-refractivity contribution in [2.45, 2.75) is 59.0 Å². The zero-order valence-corrected chi connectivity index (χ0v) is 13.4. The summed E-state index contributed by atoms with van der Waals surface area (Å²) in [6.07, 6.45) is 5.89. The highest BCUT2D eigenvalue weighted by atomic mass is 16.5. The average Bonchev–Trinajstić information content (AvgIpc) is 2.45. The topological polar surface area (TPSA) is 67.3 Å². The number of aliphatic hydroxyl groups is 1. The molecule has 0 saturated heterocycles. The average molecular weight is 293 g/mol. The molecule has 1 aliphatic carbocycles. The van der Waals surface area contributed by atoms with E-state index in [0.29, 0.717) is 18.4 Å². The molecule has 2 rings (SSSR count). The van der Waals surface area contributed by atoms with E-state index in [0.717, 1.165) is 18.5 Å². The van der Waals surface area contributed by atoms with Crippen LogP contribution in [0.3, 0.4) is 0 Å². The molecule has 21 heavy (non-hydrogen) atoms. The van der Waals surface area contributed by atoms with E-state index in [1.165, 1.54) is 19.3 Å². The van der Waals surface area contributed by atoms with Crippen molar-refractivity contribution in [3.05, 3.63) is 11.8 Å². The lowest BCUT2D eigenvalue weighted by Gasteiger charge is -2.35. The number of anilines is 1. The van der Waals surface area contributed by atoms with E-state index in [-0.39, 0.29) is 18.1 Å². The Morgan fingerprint density at radius 2 is 2.00 bits per heavy atom. The largest absolute Gasteiger partial charge is 0.475 e. The molecule has 1 saturated carbocycles. The molecule has 2 N–H and O–H groups in total. The molecule has 1 aromatic rings. The number of rotatable bonds is 6. The van der Waals surface area contributed by atoms with E-state index < -0.39 is 0 Å². The number of nitrogens with zero attached hydrogens (tertiary/aromatic N) is 2. The Hall–Kier alpha value is -1.36. The number of ether oxygens (including phenoxy) is 1. The van der Waals surface area contributed by atoms with Crippen LogP contribution in [-0.4, -0.2) is 34.3 Å². The minimum atomic E-state index is -0.0234. The van der Waals surface area contributed by atoms with Gasteiger partial charge < -0.3 is 15.2 Å². The Bertz CT molecular complexity index is 457. The third kappa shape index (κ3) is 4.56. The van der Waals surface area contributed by atoms with Gasteiger partial charge in [-0.15, -0.1) is 0 Å². The predicted molar refractivity (Wildman–Crippen MR) is 83.6 cm³/mol. The van der Waals surface area contributed by atoms with Gasteiger partial charge in [0.2, 0.25) is 11.8 Å². The van der Waals surface area contributed by atoms with Crippen LogP contribution in [0.1, 0.15) is 51.6 Å². The van der Waals surface area contributed by atoms with E-state index in [9.17, 15) is 5.11 Å². The molecule has 5 heteroatoms. The molecule has 1 aliphatic rings. The van der Waals surface area contributed by atoms with Crippen molar-refractivity contribution >= 4 is 5.95 Å². The maximum Gasteiger partial charge on any atom is 0.226 e. The molecule has 5 nitrogen and oxygen atoms in total. The zero-order valence-electron chi connectivity index (χ0n) is 13.4. The molecule has 0 aromatic carbocycles. The lowest BCUT2D eigenvalue weighted by molar-refractivity contribution is 0.0942. The standard InChI is InChI=1S/C16H27N3O2/c1-12(2)21-14-9-13(3)18-15(19-14)17-10-16(11-20)7-5-4-6-8-16/h9,12,20H,4-8,10-11H2,1-3H3,(H,17,18,19). The van der Waals surface area contributed by atoms with Gasteiger partial charge in [-0.3, -0.25) is 0 Å². The zero-order chi connectivity index (χ0) is 15.3. The lowest BCUT2D eigenvalue weighted by Crippen LogP contribution is -2.36. The fourth-order valence-electron chi connectivity index (χ4n) is 2.88. The minimum absolute atomic E-state index is 0.0234. The highest BCUT2D eigenvalue weighted by molar-refractivity contribution is 5.31. The first-order valence-electron chi connectivity index (χ1n) is 7.90. The number of aromatic nitrogens is 2. The van der Waals surface area contributed by atoms with Crippen LogP contribution in [0.15, 0.2) is 6.07 Å². The molecule has 1 heterocycles. The highest BCUT2D eigenvalue weighted by Crippen LogP contribution is 2.35. The second-order valence-corrected chi connectivity index (χ2v) is 6.41. The van der Waals surface area contributed by atoms with Crippen molar-refractivity contribution in [2.75, 3.05) is 18.5 Å². The van der Waals surface area contributed by atoms with Gasteiger partial charge in [0.1, 0.15) is 0 Å². The van der Waals surface area contributed by atoms with E-state index in [1.807, 2.05) is 26.8 Å². The summed E-state index contributed by atoms with van der Waals surface area (Å²) >= 11 is 0. The van der Waals surface area contributed by atoms with Crippen LogP contribution < -0.4 is 10.1 Å². The van der Waals surface area contributed by atoms with Crippen molar-refractivity contribution in [2.24, 2.45) is 5.41 Å². The molecule has 118 valence electrons. The van der Waals surface area contributed by atoms with Gasteiger partial charge in [0.05, 0.1) is 12.7 Å². The summed E-state index contributed by atoms with van der Waals surface area (Å²) in [5.41, 5.74) is 0.856. The van der Waals surface area contributed by atoms with Crippen molar-refractivity contribution in [1.29, 1.82) is 0 Å². The number of hydrogen-bond donors (Lipinski definition) is 2. The van der Waals surface area contributed by atoms with Gasteiger partial charge in [0, 0.05) is 23.7 Å². The highest BCUT2D eigenvalue weighted by Gasteiger charge is 2.31. The summed E-state index contributed by atoms with van der Waals surface area (Å²) in [4.78, 5) is 8.80. The number of hydrogen-bond acceptors (Lipinski definition) is 5. The van der Waals surface area contributed by atoms with Gasteiger partial charge >= 0.3 is 0 Å². The van der Waals surface area contributed by atoms with Gasteiger partial charge in [0.25, 0.3) is 0 Å². The van der Waals surface area contributed by atoms with Crippen molar-refractivity contribution in [3.8, 4) is 5.88 Å². The summed E-state index contributed by atoms with van der Waals surface area (Å²) in [5, 5.41) is 13.0. The second-order valence-electron chi connectivity index (χ2n) is 6.41. The Kier molecular flexibility index (Phi) is 5.39. The Balaban J connectivity index is 2.03. The fraction of sp³-hybridized carbons (Fsp3) is 0.750. The molecule has 0 bridgehead atoms. The summed E-state index contributed by atoms with van der Waals surface area (Å²) in [6, 6.07) is 1.84. The predicted octanol–water partition coefficient (Wildman–Crippen LogP) is 2.93. The van der Waals surface area contributed by atoms with Crippen LogP contribution in [0.2, 0.25) is 0 Å². The number of aryl methyl sites for hydroxylation is 1. The quantitative estimate of drug-likeness (QED) is 0.844. The van der Waals surface area contributed by atoms with Crippen LogP contribution in [0.25, 0.3) is 0 Å². The van der Waals surface area contributed by atoms with Crippen LogP contribution in [0, 0.1) is 12.3 Å². The first-order chi connectivity index (χ1) is 10.0. The maximum absolute atomic E-state index is 9.74. The first-order valence-corrected chi connectivity index (χ1v) is 7.90. The van der Waals surface area contributed by atoms with Crippen LogP contribution in [0.4, 0.5) is 5.95 Å². The third-order valence-electron chi connectivity index (χ3n) is 4.06. The Morgan fingerprint density at radius 1 is 1.29 bits per heavy atom. The summed E-state index contributed by atoms with van der Waals surface area (Å²) < 4.78 is 5.64. The van der Waals surface area contributed by atoms with Crippen LogP contribution in [0.5, 0.6) is 5.88 Å². The molecule has 1 fully saturated rings. The normalized spacial score (nSPS) is 17.8. The molecule has 0 amide bonds. The van der Waals surface area contributed by atoms with Gasteiger partial charge in [-0.05, 0) is 33.6 Å². The van der Waals surface area contributed by atoms with E-state index in [4.69, 9.17) is 4.74 Å². The second kappa shape index (κ2) is 7.07. The smallest absolute Gasteiger partial charge is 0.226 e. The van der Waals surface area contributed by atoms with Gasteiger partial charge in [-0.25, -0.2) is 4.98 Å². The molecule has 0 spiro atoms. The lowest BCUT2D eigenvalue weighted by atomic mass is 9.74. The maximum atomic E-state index is 9.74.